The molecule has 1 amide bonds. The largest absolute Gasteiger partial charge is 0.341 e. The molecule has 2 aliphatic carbocycles. The van der Waals surface area contributed by atoms with Crippen LogP contribution in [0.3, 0.4) is 0 Å². The molecular weight excluding hydrogens is 224 g/mol. The van der Waals surface area contributed by atoms with Crippen LogP contribution in [0.15, 0.2) is 0 Å². The van der Waals surface area contributed by atoms with Crippen LogP contribution in [-0.4, -0.2) is 23.9 Å². The third kappa shape index (κ3) is 2.25. The van der Waals surface area contributed by atoms with Crippen LogP contribution in [0.2, 0.25) is 0 Å². The lowest BCUT2D eigenvalue weighted by molar-refractivity contribution is -0.146. The number of nitriles is 1. The first-order chi connectivity index (χ1) is 8.48. The van der Waals surface area contributed by atoms with Gasteiger partial charge in [-0.25, -0.2) is 0 Å². The summed E-state index contributed by atoms with van der Waals surface area (Å²) in [5.41, 5.74) is -0.697. The van der Waals surface area contributed by atoms with Crippen LogP contribution in [0.25, 0.3) is 0 Å². The Labute approximate surface area is 110 Å². The molecule has 0 N–H and O–H groups in total. The van der Waals surface area contributed by atoms with Crippen molar-refractivity contribution in [1.82, 2.24) is 4.90 Å². The maximum Gasteiger partial charge on any atom is 0.243 e. The van der Waals surface area contributed by atoms with Crippen LogP contribution >= 0.6 is 0 Å². The van der Waals surface area contributed by atoms with Gasteiger partial charge in [0, 0.05) is 13.1 Å². The Morgan fingerprint density at radius 1 is 1.17 bits per heavy atom. The number of rotatable bonds is 2. The molecule has 2 fully saturated rings. The van der Waals surface area contributed by atoms with Crippen molar-refractivity contribution < 1.29 is 4.79 Å². The van der Waals surface area contributed by atoms with Crippen molar-refractivity contribution in [2.45, 2.75) is 58.4 Å². The summed E-state index contributed by atoms with van der Waals surface area (Å²) < 4.78 is 0. The van der Waals surface area contributed by atoms with Crippen molar-refractivity contribution in [3.8, 4) is 6.07 Å². The standard InChI is InChI=1S/C15H24N2O/c1-11-4-6-13(7-5-11)17(3)14(18)15(10-16)8-12(2)9-15/h11-13H,4-9H2,1-3H3. The Hall–Kier alpha value is -1.04. The minimum atomic E-state index is -0.697. The van der Waals surface area contributed by atoms with Gasteiger partial charge >= 0.3 is 0 Å². The van der Waals surface area contributed by atoms with Crippen molar-refractivity contribution in [3.63, 3.8) is 0 Å². The van der Waals surface area contributed by atoms with Crippen molar-refractivity contribution in [2.24, 2.45) is 17.3 Å². The zero-order valence-electron chi connectivity index (χ0n) is 11.8. The Morgan fingerprint density at radius 2 is 1.72 bits per heavy atom. The molecule has 0 unspecified atom stereocenters. The van der Waals surface area contributed by atoms with Gasteiger partial charge in [-0.15, -0.1) is 0 Å². The van der Waals surface area contributed by atoms with E-state index in [0.717, 1.165) is 31.6 Å². The summed E-state index contributed by atoms with van der Waals surface area (Å²) in [7, 11) is 1.89. The van der Waals surface area contributed by atoms with Crippen LogP contribution in [0.1, 0.15) is 52.4 Å². The second-order valence-corrected chi connectivity index (χ2v) is 6.54. The number of nitrogens with zero attached hydrogens (tertiary/aromatic N) is 2. The molecule has 0 saturated heterocycles. The average Bonchev–Trinajstić information content (AvgIpc) is 2.34. The topological polar surface area (TPSA) is 44.1 Å². The molecule has 2 rings (SSSR count). The summed E-state index contributed by atoms with van der Waals surface area (Å²) in [5, 5.41) is 9.32. The molecule has 3 nitrogen and oxygen atoms in total. The molecule has 18 heavy (non-hydrogen) atoms. The fourth-order valence-corrected chi connectivity index (χ4v) is 3.58. The molecule has 0 heterocycles. The summed E-state index contributed by atoms with van der Waals surface area (Å²) in [4.78, 5) is 14.4. The van der Waals surface area contributed by atoms with Crippen LogP contribution < -0.4 is 0 Å². The lowest BCUT2D eigenvalue weighted by Gasteiger charge is -2.44. The van der Waals surface area contributed by atoms with Crippen LogP contribution in [0.4, 0.5) is 0 Å². The second kappa shape index (κ2) is 4.91. The van der Waals surface area contributed by atoms with Gasteiger partial charge in [-0.3, -0.25) is 4.79 Å². The van der Waals surface area contributed by atoms with E-state index in [4.69, 9.17) is 0 Å². The van der Waals surface area contributed by atoms with Crippen LogP contribution in [-0.2, 0) is 4.79 Å². The molecule has 2 aliphatic rings. The van der Waals surface area contributed by atoms with Gasteiger partial charge in [0.1, 0.15) is 5.41 Å². The maximum absolute atomic E-state index is 12.5. The predicted molar refractivity (Wildman–Crippen MR) is 70.6 cm³/mol. The van der Waals surface area contributed by atoms with E-state index in [1.807, 2.05) is 11.9 Å². The first-order valence-corrected chi connectivity index (χ1v) is 7.17. The fourth-order valence-electron chi connectivity index (χ4n) is 3.58. The first kappa shape index (κ1) is 13.4. The molecular formula is C15H24N2O. The highest BCUT2D eigenvalue weighted by atomic mass is 16.2. The highest BCUT2D eigenvalue weighted by Gasteiger charge is 2.51. The summed E-state index contributed by atoms with van der Waals surface area (Å²) in [6.07, 6.45) is 6.10. The van der Waals surface area contributed by atoms with Gasteiger partial charge in [0.25, 0.3) is 0 Å². The minimum absolute atomic E-state index is 0.0719. The van der Waals surface area contributed by atoms with Gasteiger partial charge in [0.15, 0.2) is 0 Å². The quantitative estimate of drug-likeness (QED) is 0.754. The number of hydrogen-bond donors (Lipinski definition) is 0. The maximum atomic E-state index is 12.5. The number of hydrogen-bond acceptors (Lipinski definition) is 2. The molecule has 2 saturated carbocycles. The number of carbonyl (C=O) groups is 1. The van der Waals surface area contributed by atoms with Crippen molar-refractivity contribution in [2.75, 3.05) is 7.05 Å². The minimum Gasteiger partial charge on any atom is -0.341 e. The van der Waals surface area contributed by atoms with E-state index in [1.54, 1.807) is 0 Å². The Kier molecular flexibility index (Phi) is 3.66. The highest BCUT2D eigenvalue weighted by Crippen LogP contribution is 2.46. The third-order valence-electron chi connectivity index (χ3n) is 4.87. The molecule has 0 aromatic rings. The number of carbonyl (C=O) groups excluding carboxylic acids is 1. The van der Waals surface area contributed by atoms with Crippen molar-refractivity contribution >= 4 is 5.91 Å². The van der Waals surface area contributed by atoms with Gasteiger partial charge in [-0.05, 0) is 50.4 Å². The smallest absolute Gasteiger partial charge is 0.243 e. The van der Waals surface area contributed by atoms with Gasteiger partial charge in [0.05, 0.1) is 6.07 Å². The lowest BCUT2D eigenvalue weighted by Crippen LogP contribution is -2.52. The molecule has 0 bridgehead atoms. The average molecular weight is 248 g/mol. The van der Waals surface area contributed by atoms with E-state index in [2.05, 4.69) is 19.9 Å². The first-order valence-electron chi connectivity index (χ1n) is 7.17. The molecule has 0 aromatic carbocycles. The number of amides is 1. The highest BCUT2D eigenvalue weighted by molar-refractivity contribution is 5.86. The van der Waals surface area contributed by atoms with E-state index in [-0.39, 0.29) is 5.91 Å². The molecule has 0 aromatic heterocycles. The van der Waals surface area contributed by atoms with Crippen molar-refractivity contribution in [1.29, 1.82) is 5.26 Å². The Morgan fingerprint density at radius 3 is 2.17 bits per heavy atom. The SMILES string of the molecule is CC1CCC(N(C)C(=O)C2(C#N)CC(C)C2)CC1. The van der Waals surface area contributed by atoms with E-state index in [9.17, 15) is 10.1 Å². The Balaban J connectivity index is 1.99. The van der Waals surface area contributed by atoms with Crippen LogP contribution in [0.5, 0.6) is 0 Å². The zero-order valence-corrected chi connectivity index (χ0v) is 11.8. The van der Waals surface area contributed by atoms with E-state index in [1.165, 1.54) is 12.8 Å². The zero-order chi connectivity index (χ0) is 13.3. The van der Waals surface area contributed by atoms with Gasteiger partial charge < -0.3 is 4.90 Å². The van der Waals surface area contributed by atoms with Gasteiger partial charge in [-0.1, -0.05) is 13.8 Å². The monoisotopic (exact) mass is 248 g/mol. The molecule has 0 aliphatic heterocycles. The summed E-state index contributed by atoms with van der Waals surface area (Å²) in [6.45, 7) is 4.40. The van der Waals surface area contributed by atoms with Crippen LogP contribution in [0, 0.1) is 28.6 Å². The molecule has 0 radical (unpaired) electrons. The second-order valence-electron chi connectivity index (χ2n) is 6.54. The lowest BCUT2D eigenvalue weighted by atomic mass is 9.62. The fraction of sp³-hybridized carbons (Fsp3) is 0.867. The van der Waals surface area contributed by atoms with Gasteiger partial charge in [-0.2, -0.15) is 5.26 Å². The van der Waals surface area contributed by atoms with E-state index < -0.39 is 5.41 Å². The van der Waals surface area contributed by atoms with Crippen molar-refractivity contribution in [3.05, 3.63) is 0 Å². The summed E-state index contributed by atoms with van der Waals surface area (Å²) in [6, 6.07) is 2.64. The summed E-state index contributed by atoms with van der Waals surface area (Å²) >= 11 is 0. The predicted octanol–water partition coefficient (Wildman–Crippen LogP) is 2.96. The molecule has 100 valence electrons. The Bertz CT molecular complexity index is 357. The molecule has 0 atom stereocenters. The molecule has 3 heteroatoms. The molecule has 0 spiro atoms. The van der Waals surface area contributed by atoms with E-state index in [0.29, 0.717) is 12.0 Å². The summed E-state index contributed by atoms with van der Waals surface area (Å²) in [5.74, 6) is 1.38. The third-order valence-corrected chi connectivity index (χ3v) is 4.87. The normalized spacial score (nSPS) is 39.6. The van der Waals surface area contributed by atoms with Gasteiger partial charge in [0.2, 0.25) is 5.91 Å². The van der Waals surface area contributed by atoms with E-state index >= 15 is 0 Å².